The van der Waals surface area contributed by atoms with Crippen molar-refractivity contribution in [3.63, 3.8) is 0 Å². The summed E-state index contributed by atoms with van der Waals surface area (Å²) in [6.45, 7) is 5.87. The molecule has 1 N–H and O–H groups in total. The van der Waals surface area contributed by atoms with Crippen molar-refractivity contribution in [2.75, 3.05) is 6.61 Å². The maximum absolute atomic E-state index is 12.9. The number of hydrogen-bond donors (Lipinski definition) is 1. The Balaban J connectivity index is 1.75. The van der Waals surface area contributed by atoms with Crippen molar-refractivity contribution in [2.45, 2.75) is 20.8 Å². The number of thiophene rings is 1. The zero-order valence-electron chi connectivity index (χ0n) is 18.1. The summed E-state index contributed by atoms with van der Waals surface area (Å²) in [4.78, 5) is 30.2. The topological polar surface area (TPSA) is 76.4 Å². The van der Waals surface area contributed by atoms with Crippen LogP contribution in [-0.2, 0) is 4.74 Å². The molecule has 0 spiro atoms. The number of nitrogens with one attached hydrogen (secondary N) is 1. The average Bonchev–Trinajstić information content (AvgIpc) is 3.34. The highest BCUT2D eigenvalue weighted by atomic mass is 32.1. The van der Waals surface area contributed by atoms with Gasteiger partial charge in [0.2, 0.25) is 0 Å². The summed E-state index contributed by atoms with van der Waals surface area (Å²) in [5, 5.41) is 5.49. The van der Waals surface area contributed by atoms with Crippen LogP contribution >= 0.6 is 11.3 Å². The summed E-state index contributed by atoms with van der Waals surface area (Å²) >= 11 is 1.35. The van der Waals surface area contributed by atoms with Crippen LogP contribution in [0.1, 0.15) is 34.1 Å². The maximum Gasteiger partial charge on any atom is 0.341 e. The number of H-pyrrole nitrogens is 1. The normalized spacial score (nSPS) is 11.2. The minimum absolute atomic E-state index is 0.203. The van der Waals surface area contributed by atoms with Gasteiger partial charge >= 0.3 is 5.97 Å². The Morgan fingerprint density at radius 3 is 2.53 bits per heavy atom. The number of esters is 1. The molecule has 0 saturated heterocycles. The fourth-order valence-electron chi connectivity index (χ4n) is 3.38. The molecule has 7 heteroatoms. The van der Waals surface area contributed by atoms with Crippen LogP contribution in [0, 0.1) is 13.8 Å². The zero-order chi connectivity index (χ0) is 22.7. The summed E-state index contributed by atoms with van der Waals surface area (Å²) in [6.07, 6.45) is 1.51. The third-order valence-corrected chi connectivity index (χ3v) is 5.94. The van der Waals surface area contributed by atoms with Crippen LogP contribution in [0.4, 0.5) is 5.00 Å². The van der Waals surface area contributed by atoms with Crippen molar-refractivity contribution in [3.8, 4) is 16.8 Å². The van der Waals surface area contributed by atoms with Crippen LogP contribution in [0.5, 0.6) is 0 Å². The van der Waals surface area contributed by atoms with E-state index < -0.39 is 5.97 Å². The van der Waals surface area contributed by atoms with Crippen molar-refractivity contribution in [1.82, 2.24) is 9.78 Å². The number of carbonyl (C=O) groups is 1. The summed E-state index contributed by atoms with van der Waals surface area (Å²) < 4.78 is 6.78. The highest BCUT2D eigenvalue weighted by molar-refractivity contribution is 7.14. The molecule has 6 nitrogen and oxygen atoms in total. The molecule has 2 aromatic heterocycles. The first-order valence-corrected chi connectivity index (χ1v) is 11.1. The largest absolute Gasteiger partial charge is 0.462 e. The van der Waals surface area contributed by atoms with Crippen LogP contribution in [0.2, 0.25) is 0 Å². The molecule has 2 aromatic carbocycles. The fourth-order valence-corrected chi connectivity index (χ4v) is 4.29. The van der Waals surface area contributed by atoms with Crippen molar-refractivity contribution in [3.05, 3.63) is 92.7 Å². The molecular formula is C25H23N3O3S. The number of aliphatic imine (C=N–C) groups is 1. The number of nitrogens with zero attached hydrogens (tertiary/aromatic N) is 2. The summed E-state index contributed by atoms with van der Waals surface area (Å²) in [5.74, 6) is -0.427. The standard InChI is InChI=1S/C25H23N3O3S/c1-4-31-25(30)22-21(18-12-10-16(2)11-13-18)15-32-23(22)26-14-20-17(3)27-28(24(20)29)19-8-6-5-7-9-19/h5-15,27H,4H2,1-3H3/b26-14+. The van der Waals surface area contributed by atoms with E-state index in [4.69, 9.17) is 4.74 Å². The molecule has 0 bridgehead atoms. The molecular weight excluding hydrogens is 422 g/mol. The molecule has 0 aliphatic heterocycles. The van der Waals surface area contributed by atoms with Gasteiger partial charge < -0.3 is 4.74 Å². The van der Waals surface area contributed by atoms with Gasteiger partial charge in [-0.3, -0.25) is 9.89 Å². The van der Waals surface area contributed by atoms with Crippen LogP contribution < -0.4 is 5.56 Å². The monoisotopic (exact) mass is 445 g/mol. The molecule has 0 radical (unpaired) electrons. The molecule has 32 heavy (non-hydrogen) atoms. The summed E-state index contributed by atoms with van der Waals surface area (Å²) in [7, 11) is 0. The number of hydrogen-bond acceptors (Lipinski definition) is 5. The number of ether oxygens (including phenoxy) is 1. The van der Waals surface area contributed by atoms with Gasteiger partial charge in [-0.2, -0.15) is 0 Å². The summed E-state index contributed by atoms with van der Waals surface area (Å²) in [6, 6.07) is 17.3. The van der Waals surface area contributed by atoms with Crippen molar-refractivity contribution in [2.24, 2.45) is 4.99 Å². The quantitative estimate of drug-likeness (QED) is 0.317. The number of aromatic nitrogens is 2. The van der Waals surface area contributed by atoms with Crippen LogP contribution in [-0.4, -0.2) is 28.6 Å². The lowest BCUT2D eigenvalue weighted by molar-refractivity contribution is 0.0529. The highest BCUT2D eigenvalue weighted by Crippen LogP contribution is 2.38. The van der Waals surface area contributed by atoms with Gasteiger partial charge in [-0.1, -0.05) is 48.0 Å². The molecule has 0 aliphatic carbocycles. The number of rotatable bonds is 6. The molecule has 2 heterocycles. The average molecular weight is 446 g/mol. The lowest BCUT2D eigenvalue weighted by atomic mass is 10.0. The van der Waals surface area contributed by atoms with E-state index in [-0.39, 0.29) is 12.2 Å². The predicted octanol–water partition coefficient (Wildman–Crippen LogP) is 5.44. The fraction of sp³-hybridized carbons (Fsp3) is 0.160. The second-order valence-electron chi connectivity index (χ2n) is 7.30. The van der Waals surface area contributed by atoms with Gasteiger partial charge in [-0.25, -0.2) is 14.5 Å². The van der Waals surface area contributed by atoms with Gasteiger partial charge in [0.25, 0.3) is 5.56 Å². The molecule has 0 amide bonds. The molecule has 0 unspecified atom stereocenters. The minimum atomic E-state index is -0.427. The third-order valence-electron chi connectivity index (χ3n) is 5.06. The Morgan fingerprint density at radius 2 is 1.84 bits per heavy atom. The number of carbonyl (C=O) groups excluding carboxylic acids is 1. The van der Waals surface area contributed by atoms with E-state index in [2.05, 4.69) is 10.1 Å². The first-order chi connectivity index (χ1) is 15.5. The van der Waals surface area contributed by atoms with E-state index >= 15 is 0 Å². The van der Waals surface area contributed by atoms with Crippen molar-refractivity contribution in [1.29, 1.82) is 0 Å². The number of para-hydroxylation sites is 1. The SMILES string of the molecule is CCOC(=O)c1c(-c2ccc(C)cc2)csc1/N=C/c1c(C)[nH]n(-c2ccccc2)c1=O. The number of aryl methyl sites for hydroxylation is 2. The smallest absolute Gasteiger partial charge is 0.341 e. The van der Waals surface area contributed by atoms with Gasteiger partial charge in [-0.15, -0.1) is 11.3 Å². The van der Waals surface area contributed by atoms with Gasteiger partial charge in [0.1, 0.15) is 10.6 Å². The Hall–Kier alpha value is -3.71. The zero-order valence-corrected chi connectivity index (χ0v) is 18.9. The van der Waals surface area contributed by atoms with Crippen molar-refractivity contribution < 1.29 is 9.53 Å². The minimum Gasteiger partial charge on any atom is -0.462 e. The number of benzene rings is 2. The number of aromatic amines is 1. The van der Waals surface area contributed by atoms with E-state index in [1.54, 1.807) is 6.92 Å². The lowest BCUT2D eigenvalue weighted by Gasteiger charge is -2.06. The molecule has 162 valence electrons. The Kier molecular flexibility index (Phi) is 6.18. The third kappa shape index (κ3) is 4.20. The van der Waals surface area contributed by atoms with Gasteiger partial charge in [0.15, 0.2) is 0 Å². The second kappa shape index (κ2) is 9.20. The Morgan fingerprint density at radius 1 is 1.12 bits per heavy atom. The summed E-state index contributed by atoms with van der Waals surface area (Å²) in [5.41, 5.74) is 4.90. The van der Waals surface area contributed by atoms with Crippen LogP contribution in [0.15, 0.2) is 69.8 Å². The van der Waals surface area contributed by atoms with E-state index in [1.165, 1.54) is 22.2 Å². The first-order valence-electron chi connectivity index (χ1n) is 10.3. The van der Waals surface area contributed by atoms with E-state index in [9.17, 15) is 9.59 Å². The van der Waals surface area contributed by atoms with E-state index in [0.717, 1.165) is 22.4 Å². The van der Waals surface area contributed by atoms with Gasteiger partial charge in [-0.05, 0) is 38.5 Å². The Labute approximate surface area is 189 Å². The van der Waals surface area contributed by atoms with Crippen molar-refractivity contribution >= 4 is 28.5 Å². The van der Waals surface area contributed by atoms with Crippen LogP contribution in [0.3, 0.4) is 0 Å². The highest BCUT2D eigenvalue weighted by Gasteiger charge is 2.21. The molecule has 0 aliphatic rings. The first kappa shape index (κ1) is 21.5. The molecule has 4 rings (SSSR count). The van der Waals surface area contributed by atoms with E-state index in [1.807, 2.05) is 73.8 Å². The van der Waals surface area contributed by atoms with E-state index in [0.29, 0.717) is 21.8 Å². The lowest BCUT2D eigenvalue weighted by Crippen LogP contribution is -2.17. The molecule has 0 atom stereocenters. The predicted molar refractivity (Wildman–Crippen MR) is 129 cm³/mol. The Bertz CT molecular complexity index is 1330. The molecule has 4 aromatic rings. The molecule has 0 fully saturated rings. The molecule has 0 saturated carbocycles. The maximum atomic E-state index is 12.9. The van der Waals surface area contributed by atoms with Gasteiger partial charge in [0.05, 0.1) is 17.9 Å². The van der Waals surface area contributed by atoms with Crippen LogP contribution in [0.25, 0.3) is 16.8 Å². The van der Waals surface area contributed by atoms with Gasteiger partial charge in [0, 0.05) is 22.9 Å². The second-order valence-corrected chi connectivity index (χ2v) is 8.16.